The maximum absolute atomic E-state index is 13.7. The van der Waals surface area contributed by atoms with Crippen LogP contribution >= 0.6 is 0 Å². The van der Waals surface area contributed by atoms with Gasteiger partial charge >= 0.3 is 0 Å². The van der Waals surface area contributed by atoms with Gasteiger partial charge in [-0.05, 0) is 55.8 Å². The van der Waals surface area contributed by atoms with Crippen molar-refractivity contribution in [3.05, 3.63) is 65.1 Å². The molecule has 2 aromatic heterocycles. The van der Waals surface area contributed by atoms with Crippen LogP contribution in [0.1, 0.15) is 45.2 Å². The quantitative estimate of drug-likeness (QED) is 0.260. The van der Waals surface area contributed by atoms with Gasteiger partial charge in [-0.15, -0.1) is 0 Å². The number of piperidine rings is 1. The summed E-state index contributed by atoms with van der Waals surface area (Å²) in [6, 6.07) is 9.39. The van der Waals surface area contributed by atoms with Crippen molar-refractivity contribution in [3.8, 4) is 17.0 Å². The molecular weight excluding hydrogens is 477 g/mol. The zero-order valence-corrected chi connectivity index (χ0v) is 20.3. The summed E-state index contributed by atoms with van der Waals surface area (Å²) in [5.74, 6) is -1.10. The highest BCUT2D eigenvalue weighted by Crippen LogP contribution is 2.36. The number of nitrogens with one attached hydrogen (secondary N) is 3. The van der Waals surface area contributed by atoms with Crippen LogP contribution in [-0.2, 0) is 6.54 Å². The van der Waals surface area contributed by atoms with Gasteiger partial charge in [-0.1, -0.05) is 12.1 Å². The Kier molecular flexibility index (Phi) is 6.53. The van der Waals surface area contributed by atoms with Crippen LogP contribution in [0.15, 0.2) is 42.6 Å². The van der Waals surface area contributed by atoms with Crippen LogP contribution in [0, 0.1) is 5.82 Å². The van der Waals surface area contributed by atoms with E-state index in [1.165, 1.54) is 19.2 Å². The summed E-state index contributed by atoms with van der Waals surface area (Å²) in [5, 5.41) is 11.7. The molecule has 0 spiro atoms. The molecule has 192 valence electrons. The number of primary amides is 1. The lowest BCUT2D eigenvalue weighted by Gasteiger charge is -2.23. The molecule has 5 rings (SSSR count). The van der Waals surface area contributed by atoms with Gasteiger partial charge in [-0.3, -0.25) is 9.59 Å². The molecule has 1 aliphatic heterocycles. The number of aromatic nitrogens is 3. The molecule has 11 heteroatoms. The molecule has 0 radical (unpaired) electrons. The number of halogens is 1. The number of ether oxygens (including phenoxy) is 1. The number of aromatic amines is 1. The van der Waals surface area contributed by atoms with Gasteiger partial charge in [0, 0.05) is 23.7 Å². The smallest absolute Gasteiger partial charge is 0.255 e. The number of methoxy groups -OCH3 is 1. The minimum atomic E-state index is -0.642. The number of nitrogen functional groups attached to an aromatic ring is 1. The fourth-order valence-electron chi connectivity index (χ4n) is 4.91. The van der Waals surface area contributed by atoms with Gasteiger partial charge in [0.25, 0.3) is 11.8 Å². The third-order valence-corrected chi connectivity index (χ3v) is 6.76. The van der Waals surface area contributed by atoms with Gasteiger partial charge in [-0.2, -0.15) is 5.10 Å². The third kappa shape index (κ3) is 4.49. The van der Waals surface area contributed by atoms with Crippen molar-refractivity contribution in [2.24, 2.45) is 5.73 Å². The normalized spacial score (nSPS) is 14.1. The predicted molar refractivity (Wildman–Crippen MR) is 138 cm³/mol. The van der Waals surface area contributed by atoms with Crippen LogP contribution in [0.25, 0.3) is 22.2 Å². The van der Waals surface area contributed by atoms with Crippen molar-refractivity contribution in [1.29, 1.82) is 0 Å². The number of rotatable bonds is 7. The predicted octanol–water partition coefficient (Wildman–Crippen LogP) is 2.71. The Bertz CT molecular complexity index is 1490. The summed E-state index contributed by atoms with van der Waals surface area (Å²) in [6.45, 7) is 1.86. The SMILES string of the molecule is COc1ccc(F)cc1C(=O)NCc1ccc(-c2nn(C3CCNCC3)c(N)c2C(N)=O)c2cc[nH]c12. The van der Waals surface area contributed by atoms with E-state index in [2.05, 4.69) is 15.6 Å². The van der Waals surface area contributed by atoms with E-state index in [0.29, 0.717) is 11.3 Å². The highest BCUT2D eigenvalue weighted by Gasteiger charge is 2.27. The molecule has 2 aromatic carbocycles. The molecule has 4 aromatic rings. The first-order valence-corrected chi connectivity index (χ1v) is 12.0. The molecular formula is C26H28FN7O3. The lowest BCUT2D eigenvalue weighted by Crippen LogP contribution is -2.30. The fourth-order valence-corrected chi connectivity index (χ4v) is 4.91. The minimum Gasteiger partial charge on any atom is -0.496 e. The highest BCUT2D eigenvalue weighted by atomic mass is 19.1. The second-order valence-electron chi connectivity index (χ2n) is 8.96. The van der Waals surface area contributed by atoms with Gasteiger partial charge in [0.05, 0.1) is 24.2 Å². The molecule has 1 saturated heterocycles. The van der Waals surface area contributed by atoms with Crippen molar-refractivity contribution in [2.45, 2.75) is 25.4 Å². The number of benzene rings is 2. The minimum absolute atomic E-state index is 0.0733. The van der Waals surface area contributed by atoms with Crippen molar-refractivity contribution in [3.63, 3.8) is 0 Å². The van der Waals surface area contributed by atoms with Crippen LogP contribution in [0.4, 0.5) is 10.2 Å². The van der Waals surface area contributed by atoms with E-state index in [1.807, 2.05) is 18.2 Å². The van der Waals surface area contributed by atoms with E-state index in [-0.39, 0.29) is 35.3 Å². The van der Waals surface area contributed by atoms with Gasteiger partial charge in [-0.25, -0.2) is 9.07 Å². The number of hydrogen-bond donors (Lipinski definition) is 5. The summed E-state index contributed by atoms with van der Waals surface area (Å²) in [5.41, 5.74) is 15.1. The van der Waals surface area contributed by atoms with Gasteiger partial charge in [0.1, 0.15) is 28.6 Å². The molecule has 10 nitrogen and oxygen atoms in total. The summed E-state index contributed by atoms with van der Waals surface area (Å²) >= 11 is 0. The van der Waals surface area contributed by atoms with Gasteiger partial charge in [0.15, 0.2) is 0 Å². The van der Waals surface area contributed by atoms with Gasteiger partial charge < -0.3 is 31.8 Å². The van der Waals surface area contributed by atoms with Gasteiger partial charge in [0.2, 0.25) is 0 Å². The van der Waals surface area contributed by atoms with Crippen LogP contribution in [0.5, 0.6) is 5.75 Å². The number of fused-ring (bicyclic) bond motifs is 1. The molecule has 37 heavy (non-hydrogen) atoms. The Morgan fingerprint density at radius 1 is 1.22 bits per heavy atom. The average molecular weight is 506 g/mol. The van der Waals surface area contributed by atoms with Crippen molar-refractivity contribution < 1.29 is 18.7 Å². The average Bonchev–Trinajstić information content (AvgIpc) is 3.53. The van der Waals surface area contributed by atoms with E-state index in [0.717, 1.165) is 48.5 Å². The summed E-state index contributed by atoms with van der Waals surface area (Å²) in [4.78, 5) is 28.4. The Hall–Kier alpha value is -4.38. The van der Waals surface area contributed by atoms with Crippen LogP contribution < -0.4 is 26.8 Å². The van der Waals surface area contributed by atoms with E-state index in [9.17, 15) is 14.0 Å². The molecule has 1 fully saturated rings. The zero-order valence-electron chi connectivity index (χ0n) is 20.3. The van der Waals surface area contributed by atoms with Crippen LogP contribution in [0.2, 0.25) is 0 Å². The molecule has 0 unspecified atom stereocenters. The van der Waals surface area contributed by atoms with Crippen LogP contribution in [-0.4, -0.2) is 46.8 Å². The number of nitrogens with two attached hydrogens (primary N) is 2. The molecule has 0 bridgehead atoms. The number of carbonyl (C=O) groups excluding carboxylic acids is 2. The lowest BCUT2D eigenvalue weighted by atomic mass is 10.00. The second-order valence-corrected chi connectivity index (χ2v) is 8.96. The molecule has 2 amide bonds. The zero-order chi connectivity index (χ0) is 26.1. The number of hydrogen-bond acceptors (Lipinski definition) is 6. The first-order chi connectivity index (χ1) is 17.9. The fraction of sp³-hybridized carbons (Fsp3) is 0.269. The molecule has 1 aliphatic rings. The number of nitrogens with zero attached hydrogens (tertiary/aromatic N) is 2. The van der Waals surface area contributed by atoms with E-state index >= 15 is 0 Å². The largest absolute Gasteiger partial charge is 0.496 e. The maximum atomic E-state index is 13.7. The Morgan fingerprint density at radius 3 is 2.73 bits per heavy atom. The Balaban J connectivity index is 1.48. The number of carbonyl (C=O) groups is 2. The summed E-state index contributed by atoms with van der Waals surface area (Å²) < 4.78 is 20.6. The maximum Gasteiger partial charge on any atom is 0.255 e. The number of amides is 2. The Morgan fingerprint density at radius 2 is 2.00 bits per heavy atom. The number of anilines is 1. The monoisotopic (exact) mass is 505 g/mol. The second kappa shape index (κ2) is 9.94. The molecule has 0 atom stereocenters. The topological polar surface area (TPSA) is 153 Å². The number of H-pyrrole nitrogens is 1. The third-order valence-electron chi connectivity index (χ3n) is 6.76. The molecule has 7 N–H and O–H groups in total. The highest BCUT2D eigenvalue weighted by molar-refractivity contribution is 6.07. The first-order valence-electron chi connectivity index (χ1n) is 12.0. The molecule has 3 heterocycles. The van der Waals surface area contributed by atoms with E-state index in [1.54, 1.807) is 10.9 Å². The van der Waals surface area contributed by atoms with Crippen LogP contribution in [0.3, 0.4) is 0 Å². The first kappa shape index (κ1) is 24.3. The summed E-state index contributed by atoms with van der Waals surface area (Å²) in [7, 11) is 1.42. The lowest BCUT2D eigenvalue weighted by molar-refractivity contribution is 0.0946. The van der Waals surface area contributed by atoms with Crippen molar-refractivity contribution in [1.82, 2.24) is 25.4 Å². The summed E-state index contributed by atoms with van der Waals surface area (Å²) in [6.07, 6.45) is 3.46. The molecule has 0 saturated carbocycles. The molecule has 0 aliphatic carbocycles. The van der Waals surface area contributed by atoms with E-state index < -0.39 is 17.6 Å². The van der Waals surface area contributed by atoms with Crippen molar-refractivity contribution in [2.75, 3.05) is 25.9 Å². The van der Waals surface area contributed by atoms with E-state index in [4.69, 9.17) is 21.3 Å². The standard InChI is InChI=1S/C26H28FN7O3/c1-37-20-5-3-15(27)12-19(20)26(36)32-13-14-2-4-17(18-8-11-31-22(14)18)23-21(25(29)35)24(28)34(33-23)16-6-9-30-10-7-16/h2-5,8,11-12,16,30-31H,6-7,9-10,13,28H2,1H3,(H2,29,35)(H,32,36). The Labute approximate surface area is 212 Å². The van der Waals surface area contributed by atoms with Crippen molar-refractivity contribution >= 4 is 28.5 Å².